The van der Waals surface area contributed by atoms with Crippen LogP contribution >= 0.6 is 0 Å². The van der Waals surface area contributed by atoms with Gasteiger partial charge in [0.15, 0.2) is 0 Å². The van der Waals surface area contributed by atoms with E-state index in [1.54, 1.807) is 6.92 Å². The zero-order chi connectivity index (χ0) is 11.3. The number of nitrogens with one attached hydrogen (secondary N) is 1. The number of hydrogen-bond acceptors (Lipinski definition) is 3. The van der Waals surface area contributed by atoms with Gasteiger partial charge in [0.05, 0.1) is 10.6 Å². The Bertz CT molecular complexity index is 382. The van der Waals surface area contributed by atoms with E-state index >= 15 is 0 Å². The molecule has 1 aromatic heterocycles. The molecule has 1 aromatic rings. The minimum Gasteiger partial charge on any atom is -0.357 e. The molecule has 0 saturated carbocycles. The third-order valence-corrected chi connectivity index (χ3v) is 1.50. The van der Waals surface area contributed by atoms with Crippen molar-refractivity contribution in [3.8, 4) is 0 Å². The third kappa shape index (κ3) is 2.69. The van der Waals surface area contributed by atoms with Crippen LogP contribution in [0.2, 0.25) is 0 Å². The van der Waals surface area contributed by atoms with Gasteiger partial charge in [-0.3, -0.25) is 14.9 Å². The molecule has 0 radical (unpaired) electrons. The third-order valence-electron chi connectivity index (χ3n) is 1.50. The first kappa shape index (κ1) is 12.3. The fourth-order valence-corrected chi connectivity index (χ4v) is 1.07. The Kier molecular flexibility index (Phi) is 4.55. The highest BCUT2D eigenvalue weighted by molar-refractivity contribution is 5.34. The van der Waals surface area contributed by atoms with Gasteiger partial charge in [-0.1, -0.05) is 13.8 Å². The summed E-state index contributed by atoms with van der Waals surface area (Å²) in [6.45, 7) is 7.19. The first-order valence-electron chi connectivity index (χ1n) is 4.37. The fraction of sp³-hybridized carbons (Fsp3) is 0.444. The average molecular weight is 198 g/mol. The Hall–Kier alpha value is -1.65. The minimum atomic E-state index is -0.673. The van der Waals surface area contributed by atoms with Crippen molar-refractivity contribution < 1.29 is 4.92 Å². The quantitative estimate of drug-likeness (QED) is 0.553. The van der Waals surface area contributed by atoms with Crippen molar-refractivity contribution in [1.29, 1.82) is 0 Å². The average Bonchev–Trinajstić information content (AvgIpc) is 2.04. The molecule has 5 nitrogen and oxygen atoms in total. The lowest BCUT2D eigenvalue weighted by Gasteiger charge is -1.97. The molecule has 1 rings (SSSR count). The van der Waals surface area contributed by atoms with Gasteiger partial charge in [-0.2, -0.15) is 0 Å². The molecule has 78 valence electrons. The van der Waals surface area contributed by atoms with E-state index < -0.39 is 10.4 Å². The molecule has 1 N–H and O–H groups in total. The van der Waals surface area contributed by atoms with Crippen LogP contribution in [-0.2, 0) is 0 Å². The van der Waals surface area contributed by atoms with E-state index in [1.807, 2.05) is 13.8 Å². The number of aryl methyl sites for hydroxylation is 2. The molecule has 5 heteroatoms. The van der Waals surface area contributed by atoms with Gasteiger partial charge in [0.2, 0.25) is 0 Å². The summed E-state index contributed by atoms with van der Waals surface area (Å²) in [6, 6.07) is 1.21. The molecule has 0 aromatic carbocycles. The monoisotopic (exact) mass is 198 g/mol. The summed E-state index contributed by atoms with van der Waals surface area (Å²) in [7, 11) is 0. The van der Waals surface area contributed by atoms with Gasteiger partial charge in [0.1, 0.15) is 0 Å². The first-order valence-corrected chi connectivity index (χ1v) is 4.37. The Labute approximate surface area is 81.9 Å². The van der Waals surface area contributed by atoms with Gasteiger partial charge in [0.25, 0.3) is 5.43 Å². The van der Waals surface area contributed by atoms with Gasteiger partial charge in [-0.25, -0.2) is 0 Å². The molecule has 0 bridgehead atoms. The molecule has 0 spiro atoms. The predicted molar refractivity (Wildman–Crippen MR) is 54.5 cm³/mol. The highest BCUT2D eigenvalue weighted by atomic mass is 16.6. The molecule has 14 heavy (non-hydrogen) atoms. The Morgan fingerprint density at radius 2 is 1.86 bits per heavy atom. The number of aromatic nitrogens is 1. The van der Waals surface area contributed by atoms with Crippen molar-refractivity contribution in [1.82, 2.24) is 4.98 Å². The van der Waals surface area contributed by atoms with Gasteiger partial charge >= 0.3 is 5.69 Å². The summed E-state index contributed by atoms with van der Waals surface area (Å²) in [5.74, 6) is 0. The molecule has 0 aliphatic rings. The van der Waals surface area contributed by atoms with Crippen LogP contribution in [0, 0.1) is 24.0 Å². The lowest BCUT2D eigenvalue weighted by molar-refractivity contribution is -0.386. The van der Waals surface area contributed by atoms with Crippen LogP contribution in [0.5, 0.6) is 0 Å². The van der Waals surface area contributed by atoms with Crippen molar-refractivity contribution in [2.45, 2.75) is 27.7 Å². The van der Waals surface area contributed by atoms with Gasteiger partial charge in [0, 0.05) is 11.8 Å². The molecule has 1 heterocycles. The highest BCUT2D eigenvalue weighted by Gasteiger charge is 2.15. The van der Waals surface area contributed by atoms with Crippen LogP contribution in [-0.4, -0.2) is 9.91 Å². The van der Waals surface area contributed by atoms with Gasteiger partial charge < -0.3 is 4.98 Å². The largest absolute Gasteiger partial charge is 0.357 e. The summed E-state index contributed by atoms with van der Waals surface area (Å²) in [5.41, 5.74) is 0.00227. The predicted octanol–water partition coefficient (Wildman–Crippen LogP) is 1.93. The second kappa shape index (κ2) is 5.16. The SMILES string of the molecule is CC.Cc1cc(=O)c([N+](=O)[O-])c(C)[nH]1. The Morgan fingerprint density at radius 1 is 1.36 bits per heavy atom. The zero-order valence-electron chi connectivity index (χ0n) is 8.75. The molecular weight excluding hydrogens is 184 g/mol. The lowest BCUT2D eigenvalue weighted by atomic mass is 10.3. The van der Waals surface area contributed by atoms with Crippen LogP contribution < -0.4 is 5.43 Å². The summed E-state index contributed by atoms with van der Waals surface area (Å²) >= 11 is 0. The normalized spacial score (nSPS) is 8.86. The summed E-state index contributed by atoms with van der Waals surface area (Å²) in [5, 5.41) is 10.3. The van der Waals surface area contributed by atoms with Crippen molar-refractivity contribution in [3.63, 3.8) is 0 Å². The molecule has 0 aliphatic carbocycles. The van der Waals surface area contributed by atoms with Crippen LogP contribution in [0.25, 0.3) is 0 Å². The number of rotatable bonds is 1. The molecule has 0 unspecified atom stereocenters. The van der Waals surface area contributed by atoms with Gasteiger partial charge in [-0.15, -0.1) is 0 Å². The molecule has 0 atom stereocenters. The van der Waals surface area contributed by atoms with E-state index in [9.17, 15) is 14.9 Å². The molecule has 0 aliphatic heterocycles. The molecular formula is C9H14N2O3. The van der Waals surface area contributed by atoms with E-state index in [-0.39, 0.29) is 5.69 Å². The van der Waals surface area contributed by atoms with Crippen molar-refractivity contribution in [2.75, 3.05) is 0 Å². The maximum Gasteiger partial charge on any atom is 0.335 e. The number of nitrogens with zero attached hydrogens (tertiary/aromatic N) is 1. The maximum absolute atomic E-state index is 11.0. The number of pyridine rings is 1. The minimum absolute atomic E-state index is 0.296. The standard InChI is InChI=1S/C7H8N2O3.C2H6/c1-4-3-6(10)7(9(11)12)5(2)8-4;1-2/h3H,1-2H3,(H,8,10);1-2H3. The number of aromatic amines is 1. The van der Waals surface area contributed by atoms with E-state index in [0.717, 1.165) is 0 Å². The van der Waals surface area contributed by atoms with Gasteiger partial charge in [-0.05, 0) is 13.8 Å². The second-order valence-corrected chi connectivity index (χ2v) is 2.55. The number of H-pyrrole nitrogens is 1. The molecule has 0 fully saturated rings. The van der Waals surface area contributed by atoms with E-state index in [4.69, 9.17) is 0 Å². The second-order valence-electron chi connectivity index (χ2n) is 2.55. The Balaban J connectivity index is 0.000000791. The van der Waals surface area contributed by atoms with Crippen LogP contribution in [0.15, 0.2) is 10.9 Å². The molecule has 0 amide bonds. The van der Waals surface area contributed by atoms with E-state index in [2.05, 4.69) is 4.98 Å². The first-order chi connectivity index (χ1) is 6.52. The van der Waals surface area contributed by atoms with Crippen LogP contribution in [0.3, 0.4) is 0 Å². The van der Waals surface area contributed by atoms with Crippen molar-refractivity contribution in [2.24, 2.45) is 0 Å². The number of hydrogen-bond donors (Lipinski definition) is 1. The van der Waals surface area contributed by atoms with Crippen LogP contribution in [0.4, 0.5) is 5.69 Å². The van der Waals surface area contributed by atoms with Crippen molar-refractivity contribution in [3.05, 3.63) is 37.8 Å². The van der Waals surface area contributed by atoms with E-state index in [0.29, 0.717) is 11.4 Å². The highest BCUT2D eigenvalue weighted by Crippen LogP contribution is 2.08. The van der Waals surface area contributed by atoms with Crippen LogP contribution in [0.1, 0.15) is 25.2 Å². The molecule has 0 saturated heterocycles. The topological polar surface area (TPSA) is 76.0 Å². The smallest absolute Gasteiger partial charge is 0.335 e. The number of nitro groups is 1. The fourth-order valence-electron chi connectivity index (χ4n) is 1.07. The van der Waals surface area contributed by atoms with E-state index in [1.165, 1.54) is 13.0 Å². The maximum atomic E-state index is 11.0. The van der Waals surface area contributed by atoms with Crippen molar-refractivity contribution >= 4 is 5.69 Å². The summed E-state index contributed by atoms with van der Waals surface area (Å²) in [4.78, 5) is 23.4. The summed E-state index contributed by atoms with van der Waals surface area (Å²) < 4.78 is 0. The Morgan fingerprint density at radius 3 is 2.21 bits per heavy atom. The summed E-state index contributed by atoms with van der Waals surface area (Å²) in [6.07, 6.45) is 0. The lowest BCUT2D eigenvalue weighted by Crippen LogP contribution is -2.11. The zero-order valence-corrected chi connectivity index (χ0v) is 8.75.